The van der Waals surface area contributed by atoms with E-state index in [2.05, 4.69) is 20.9 Å². The summed E-state index contributed by atoms with van der Waals surface area (Å²) < 4.78 is 58.8. The second-order valence-corrected chi connectivity index (χ2v) is 6.32. The van der Waals surface area contributed by atoms with Crippen LogP contribution in [0.4, 0.5) is 18.9 Å². The van der Waals surface area contributed by atoms with Crippen molar-refractivity contribution >= 4 is 31.6 Å². The number of halogens is 4. The molecule has 0 spiro atoms. The van der Waals surface area contributed by atoms with Crippen LogP contribution in [0.15, 0.2) is 39.8 Å². The quantitative estimate of drug-likeness (QED) is 0.461. The number of aromatic nitrogens is 1. The number of pyridine rings is 1. The average molecular weight is 414 g/mol. The number of hydrogen-bond donors (Lipinski definition) is 1. The molecular weight excluding hydrogens is 407 g/mol. The van der Waals surface area contributed by atoms with Gasteiger partial charge >= 0.3 is 5.69 Å². The molecule has 0 aliphatic rings. The Bertz CT molecular complexity index is 848. The van der Waals surface area contributed by atoms with Crippen LogP contribution in [0.1, 0.15) is 0 Å². The van der Waals surface area contributed by atoms with Crippen LogP contribution in [0.25, 0.3) is 0 Å². The van der Waals surface area contributed by atoms with E-state index in [1.807, 2.05) is 0 Å². The largest absolute Gasteiger partial charge is 0.306 e. The molecule has 12 heteroatoms. The molecule has 0 radical (unpaired) electrons. The lowest BCUT2D eigenvalue weighted by Gasteiger charge is -1.98. The zero-order valence-electron chi connectivity index (χ0n) is 10.9. The van der Waals surface area contributed by atoms with Gasteiger partial charge in [0.1, 0.15) is 0 Å². The Morgan fingerprint density at radius 1 is 1.17 bits per heavy atom. The number of nitrogens with zero attached hydrogens (tertiary/aromatic N) is 2. The standard InChI is InChI=1S/C6H5FN2O4S.C5H2BrF2N/c7-5-2-1-4(14(8,12)13)3-6(5)9(10)11;6-3-1-4(7)5(8)9-2-3/h1-3H,(H2,8,12,13);1-2H. The monoisotopic (exact) mass is 413 g/mol. The number of primary sulfonamides is 1. The van der Waals surface area contributed by atoms with Crippen LogP contribution in [-0.2, 0) is 10.0 Å². The van der Waals surface area contributed by atoms with E-state index in [0.717, 1.165) is 12.1 Å². The van der Waals surface area contributed by atoms with Gasteiger partial charge in [-0.1, -0.05) is 0 Å². The van der Waals surface area contributed by atoms with E-state index in [1.54, 1.807) is 0 Å². The Labute approximate surface area is 136 Å². The fourth-order valence-electron chi connectivity index (χ4n) is 1.21. The Morgan fingerprint density at radius 3 is 2.22 bits per heavy atom. The maximum atomic E-state index is 12.7. The minimum atomic E-state index is -4.05. The molecule has 0 atom stereocenters. The molecule has 0 bridgehead atoms. The molecule has 0 saturated heterocycles. The Morgan fingerprint density at radius 2 is 1.78 bits per heavy atom. The Hall–Kier alpha value is -2.05. The first-order valence-corrected chi connectivity index (χ1v) is 7.79. The van der Waals surface area contributed by atoms with Gasteiger partial charge < -0.3 is 0 Å². The van der Waals surface area contributed by atoms with Crippen molar-refractivity contribution < 1.29 is 26.5 Å². The lowest BCUT2D eigenvalue weighted by molar-refractivity contribution is -0.387. The van der Waals surface area contributed by atoms with Crippen LogP contribution in [0, 0.1) is 27.7 Å². The molecule has 0 fully saturated rings. The molecule has 2 rings (SSSR count). The highest BCUT2D eigenvalue weighted by Gasteiger charge is 2.18. The summed E-state index contributed by atoms with van der Waals surface area (Å²) >= 11 is 2.93. The van der Waals surface area contributed by atoms with Crippen molar-refractivity contribution in [1.29, 1.82) is 0 Å². The molecule has 2 aromatic rings. The molecular formula is C11H7BrF3N3O4S. The van der Waals surface area contributed by atoms with Gasteiger partial charge in [-0.05, 0) is 34.1 Å². The highest BCUT2D eigenvalue weighted by molar-refractivity contribution is 9.10. The zero-order chi connectivity index (χ0) is 17.8. The summed E-state index contributed by atoms with van der Waals surface area (Å²) in [4.78, 5) is 11.8. The van der Waals surface area contributed by atoms with Crippen LogP contribution in [0.5, 0.6) is 0 Å². The molecule has 23 heavy (non-hydrogen) atoms. The van der Waals surface area contributed by atoms with Gasteiger partial charge in [-0.25, -0.2) is 22.9 Å². The van der Waals surface area contributed by atoms with E-state index in [-0.39, 0.29) is 0 Å². The van der Waals surface area contributed by atoms with Gasteiger partial charge in [0, 0.05) is 16.7 Å². The summed E-state index contributed by atoms with van der Waals surface area (Å²) in [5.41, 5.74) is -0.920. The molecule has 0 saturated carbocycles. The first-order chi connectivity index (χ1) is 10.5. The number of benzene rings is 1. The SMILES string of the molecule is Fc1cc(Br)cnc1F.NS(=O)(=O)c1ccc(F)c([N+](=O)[O-])c1. The fraction of sp³-hybridized carbons (Fsp3) is 0. The summed E-state index contributed by atoms with van der Waals surface area (Å²) in [7, 11) is -4.05. The highest BCUT2D eigenvalue weighted by atomic mass is 79.9. The lowest BCUT2D eigenvalue weighted by atomic mass is 10.3. The molecule has 0 aliphatic heterocycles. The minimum Gasteiger partial charge on any atom is -0.258 e. The molecule has 2 N–H and O–H groups in total. The maximum Gasteiger partial charge on any atom is 0.306 e. The van der Waals surface area contributed by atoms with Crippen molar-refractivity contribution in [2.75, 3.05) is 0 Å². The van der Waals surface area contributed by atoms with Gasteiger partial charge in [0.2, 0.25) is 21.8 Å². The van der Waals surface area contributed by atoms with E-state index < -0.39 is 43.1 Å². The molecule has 0 unspecified atom stereocenters. The van der Waals surface area contributed by atoms with Gasteiger partial charge in [-0.2, -0.15) is 8.78 Å². The van der Waals surface area contributed by atoms with Crippen LogP contribution in [0.3, 0.4) is 0 Å². The normalized spacial score (nSPS) is 10.7. The van der Waals surface area contributed by atoms with Gasteiger partial charge in [0.05, 0.1) is 9.82 Å². The Kier molecular flexibility index (Phi) is 6.18. The first-order valence-electron chi connectivity index (χ1n) is 5.45. The fourth-order valence-corrected chi connectivity index (χ4v) is 2.04. The van der Waals surface area contributed by atoms with Crippen molar-refractivity contribution in [2.24, 2.45) is 5.14 Å². The summed E-state index contributed by atoms with van der Waals surface area (Å²) in [5.74, 6) is -3.12. The molecule has 1 heterocycles. The second kappa shape index (κ2) is 7.48. The first kappa shape index (κ1) is 19.0. The third kappa shape index (κ3) is 5.58. The maximum absolute atomic E-state index is 12.7. The summed E-state index contributed by atoms with van der Waals surface area (Å²) in [5, 5.41) is 14.9. The van der Waals surface area contributed by atoms with Crippen molar-refractivity contribution in [3.8, 4) is 0 Å². The van der Waals surface area contributed by atoms with Crippen LogP contribution >= 0.6 is 15.9 Å². The van der Waals surface area contributed by atoms with Crippen molar-refractivity contribution in [3.63, 3.8) is 0 Å². The summed E-state index contributed by atoms with van der Waals surface area (Å²) in [6.45, 7) is 0. The lowest BCUT2D eigenvalue weighted by Crippen LogP contribution is -2.12. The number of nitro groups is 1. The molecule has 7 nitrogen and oxygen atoms in total. The predicted octanol–water partition coefficient (Wildman–Crippen LogP) is 2.50. The van der Waals surface area contributed by atoms with E-state index in [1.165, 1.54) is 6.20 Å². The average Bonchev–Trinajstić information content (AvgIpc) is 2.43. The van der Waals surface area contributed by atoms with Crippen LogP contribution in [-0.4, -0.2) is 18.3 Å². The van der Waals surface area contributed by atoms with Gasteiger partial charge in [-0.3, -0.25) is 10.1 Å². The van der Waals surface area contributed by atoms with E-state index in [9.17, 15) is 31.7 Å². The van der Waals surface area contributed by atoms with E-state index >= 15 is 0 Å². The van der Waals surface area contributed by atoms with Crippen LogP contribution in [0.2, 0.25) is 0 Å². The number of rotatable bonds is 2. The predicted molar refractivity (Wildman–Crippen MR) is 76.3 cm³/mol. The number of hydrogen-bond acceptors (Lipinski definition) is 5. The van der Waals surface area contributed by atoms with Crippen LogP contribution < -0.4 is 5.14 Å². The van der Waals surface area contributed by atoms with E-state index in [0.29, 0.717) is 16.6 Å². The molecule has 124 valence electrons. The second-order valence-electron chi connectivity index (χ2n) is 3.84. The smallest absolute Gasteiger partial charge is 0.258 e. The third-order valence-electron chi connectivity index (χ3n) is 2.21. The van der Waals surface area contributed by atoms with Gasteiger partial charge in [0.25, 0.3) is 0 Å². The molecule has 1 aromatic carbocycles. The number of sulfonamides is 1. The number of nitro benzene ring substituents is 1. The van der Waals surface area contributed by atoms with Gasteiger partial charge in [-0.15, -0.1) is 0 Å². The summed E-state index contributed by atoms with van der Waals surface area (Å²) in [6.07, 6.45) is 1.19. The van der Waals surface area contributed by atoms with E-state index in [4.69, 9.17) is 5.14 Å². The number of nitrogens with two attached hydrogens (primary N) is 1. The Balaban J connectivity index is 0.000000253. The topological polar surface area (TPSA) is 116 Å². The van der Waals surface area contributed by atoms with Crippen molar-refractivity contribution in [2.45, 2.75) is 4.90 Å². The van der Waals surface area contributed by atoms with Crippen molar-refractivity contribution in [1.82, 2.24) is 4.98 Å². The zero-order valence-corrected chi connectivity index (χ0v) is 13.3. The molecule has 0 aliphatic carbocycles. The minimum absolute atomic E-state index is 0.432. The highest BCUT2D eigenvalue weighted by Crippen LogP contribution is 2.20. The van der Waals surface area contributed by atoms with Gasteiger partial charge in [0.15, 0.2) is 5.82 Å². The summed E-state index contributed by atoms with van der Waals surface area (Å²) in [6, 6.07) is 3.13. The molecule has 0 amide bonds. The third-order valence-corrected chi connectivity index (χ3v) is 3.55. The van der Waals surface area contributed by atoms with Crippen molar-refractivity contribution in [3.05, 3.63) is 62.6 Å². The molecule has 1 aromatic heterocycles.